The number of para-hydroxylation sites is 1. The molecule has 0 atom stereocenters. The largest absolute Gasteiger partial charge is 0.478 e. The van der Waals surface area contributed by atoms with E-state index in [1.54, 1.807) is 6.92 Å². The summed E-state index contributed by atoms with van der Waals surface area (Å²) in [4.78, 5) is 12.1. The molecule has 18 heavy (non-hydrogen) atoms. The van der Waals surface area contributed by atoms with Crippen LogP contribution in [0.4, 0.5) is 0 Å². The van der Waals surface area contributed by atoms with E-state index in [-0.39, 0.29) is 5.97 Å². The Hall–Kier alpha value is -1.97. The summed E-state index contributed by atoms with van der Waals surface area (Å²) in [5.41, 5.74) is 1.47. The molecule has 2 rings (SSSR count). The van der Waals surface area contributed by atoms with Crippen molar-refractivity contribution in [2.24, 2.45) is 7.05 Å². The molecule has 0 aliphatic heterocycles. The van der Waals surface area contributed by atoms with E-state index in [1.807, 2.05) is 42.8 Å². The van der Waals surface area contributed by atoms with Crippen LogP contribution in [0.1, 0.15) is 24.2 Å². The third kappa shape index (κ3) is 1.94. The smallest absolute Gasteiger partial charge is 0.344 e. The Morgan fingerprint density at radius 1 is 1.22 bits per heavy atom. The lowest BCUT2D eigenvalue weighted by Crippen LogP contribution is -2.08. The highest BCUT2D eigenvalue weighted by molar-refractivity contribution is 6.07. The zero-order valence-corrected chi connectivity index (χ0v) is 10.9. The van der Waals surface area contributed by atoms with E-state index in [9.17, 15) is 4.79 Å². The quantitative estimate of drug-likeness (QED) is 0.780. The van der Waals surface area contributed by atoms with Gasteiger partial charge in [0.2, 0.25) is 5.88 Å². The van der Waals surface area contributed by atoms with Gasteiger partial charge in [-0.2, -0.15) is 0 Å². The summed E-state index contributed by atoms with van der Waals surface area (Å²) in [7, 11) is 1.88. The minimum atomic E-state index is -0.335. The van der Waals surface area contributed by atoms with Crippen LogP contribution < -0.4 is 4.74 Å². The second-order valence-electron chi connectivity index (χ2n) is 3.91. The molecule has 2 aromatic rings. The maximum atomic E-state index is 12.1. The molecule has 1 heterocycles. The fraction of sp³-hybridized carbons (Fsp3) is 0.357. The minimum absolute atomic E-state index is 0.335. The van der Waals surface area contributed by atoms with E-state index in [4.69, 9.17) is 9.47 Å². The zero-order chi connectivity index (χ0) is 13.1. The van der Waals surface area contributed by atoms with Crippen LogP contribution in [-0.2, 0) is 11.8 Å². The van der Waals surface area contributed by atoms with Gasteiger partial charge in [0.1, 0.15) is 5.56 Å². The summed E-state index contributed by atoms with van der Waals surface area (Å²) in [5.74, 6) is 0.231. The van der Waals surface area contributed by atoms with Crippen molar-refractivity contribution in [1.29, 1.82) is 0 Å². The highest BCUT2D eigenvalue weighted by Gasteiger charge is 2.22. The van der Waals surface area contributed by atoms with Gasteiger partial charge in [0, 0.05) is 12.4 Å². The predicted octanol–water partition coefficient (Wildman–Crippen LogP) is 2.75. The van der Waals surface area contributed by atoms with E-state index >= 15 is 0 Å². The summed E-state index contributed by atoms with van der Waals surface area (Å²) in [6, 6.07) is 7.71. The number of aromatic nitrogens is 1. The zero-order valence-electron chi connectivity index (χ0n) is 10.9. The molecule has 0 unspecified atom stereocenters. The fourth-order valence-electron chi connectivity index (χ4n) is 2.08. The lowest BCUT2D eigenvalue weighted by atomic mass is 10.2. The van der Waals surface area contributed by atoms with E-state index in [0.717, 1.165) is 10.9 Å². The van der Waals surface area contributed by atoms with Gasteiger partial charge in [-0.1, -0.05) is 18.2 Å². The van der Waals surface area contributed by atoms with Crippen LogP contribution in [0.3, 0.4) is 0 Å². The molecule has 0 N–H and O–H groups in total. The average Bonchev–Trinajstić information content (AvgIpc) is 2.65. The molecule has 0 amide bonds. The number of hydrogen-bond donors (Lipinski definition) is 0. The first-order valence-electron chi connectivity index (χ1n) is 6.08. The highest BCUT2D eigenvalue weighted by Crippen LogP contribution is 2.31. The molecule has 96 valence electrons. The number of aryl methyl sites for hydroxylation is 1. The molecule has 0 spiro atoms. The normalized spacial score (nSPS) is 10.6. The molecule has 0 aliphatic carbocycles. The molecular formula is C14H17NO3. The number of fused-ring (bicyclic) bond motifs is 1. The summed E-state index contributed by atoms with van der Waals surface area (Å²) in [5, 5.41) is 0.863. The Morgan fingerprint density at radius 3 is 2.61 bits per heavy atom. The topological polar surface area (TPSA) is 40.5 Å². The number of esters is 1. The van der Waals surface area contributed by atoms with E-state index in [1.165, 1.54) is 0 Å². The van der Waals surface area contributed by atoms with Crippen molar-refractivity contribution in [1.82, 2.24) is 4.57 Å². The summed E-state index contributed by atoms with van der Waals surface area (Å²) < 4.78 is 12.6. The molecular weight excluding hydrogens is 230 g/mol. The van der Waals surface area contributed by atoms with Gasteiger partial charge in [-0.15, -0.1) is 0 Å². The fourth-order valence-corrected chi connectivity index (χ4v) is 2.08. The number of carbonyl (C=O) groups excluding carboxylic acids is 1. The number of carbonyl (C=O) groups is 1. The van der Waals surface area contributed by atoms with Crippen LogP contribution in [-0.4, -0.2) is 23.8 Å². The number of ether oxygens (including phenoxy) is 2. The second-order valence-corrected chi connectivity index (χ2v) is 3.91. The number of rotatable bonds is 4. The molecule has 0 saturated heterocycles. The Balaban J connectivity index is 2.66. The van der Waals surface area contributed by atoms with Crippen molar-refractivity contribution in [3.8, 4) is 5.88 Å². The van der Waals surface area contributed by atoms with Crippen molar-refractivity contribution < 1.29 is 14.3 Å². The lowest BCUT2D eigenvalue weighted by Gasteiger charge is -2.07. The number of benzene rings is 1. The van der Waals surface area contributed by atoms with E-state index < -0.39 is 0 Å². The third-order valence-electron chi connectivity index (χ3n) is 2.81. The van der Waals surface area contributed by atoms with Gasteiger partial charge in [-0.05, 0) is 19.9 Å². The van der Waals surface area contributed by atoms with Gasteiger partial charge in [0.05, 0.1) is 18.7 Å². The van der Waals surface area contributed by atoms with Crippen molar-refractivity contribution in [2.75, 3.05) is 13.2 Å². The maximum Gasteiger partial charge on any atom is 0.344 e. The summed E-state index contributed by atoms with van der Waals surface area (Å²) >= 11 is 0. The predicted molar refractivity (Wildman–Crippen MR) is 70.0 cm³/mol. The van der Waals surface area contributed by atoms with Gasteiger partial charge >= 0.3 is 5.97 Å². The SMILES string of the molecule is CCOC(=O)c1c(OCC)n(C)c2ccccc12. The monoisotopic (exact) mass is 247 g/mol. The molecule has 0 bridgehead atoms. The number of nitrogens with zero attached hydrogens (tertiary/aromatic N) is 1. The lowest BCUT2D eigenvalue weighted by molar-refractivity contribution is 0.0523. The van der Waals surface area contributed by atoms with E-state index in [2.05, 4.69) is 0 Å². The number of hydrogen-bond acceptors (Lipinski definition) is 3. The standard InChI is InChI=1S/C14H17NO3/c1-4-17-13-12(14(16)18-5-2)10-8-6-7-9-11(10)15(13)3/h6-9H,4-5H2,1-3H3. The summed E-state index contributed by atoms with van der Waals surface area (Å²) in [6.07, 6.45) is 0. The Bertz CT molecular complexity index is 572. The van der Waals surface area contributed by atoms with Crippen LogP contribution in [0, 0.1) is 0 Å². The molecule has 0 fully saturated rings. The van der Waals surface area contributed by atoms with Gasteiger partial charge in [0.15, 0.2) is 0 Å². The van der Waals surface area contributed by atoms with Gasteiger partial charge < -0.3 is 14.0 Å². The van der Waals surface area contributed by atoms with Crippen molar-refractivity contribution >= 4 is 16.9 Å². The Kier molecular flexibility index (Phi) is 3.55. The second kappa shape index (κ2) is 5.12. The van der Waals surface area contributed by atoms with Crippen molar-refractivity contribution in [3.05, 3.63) is 29.8 Å². The first-order valence-corrected chi connectivity index (χ1v) is 6.08. The van der Waals surface area contributed by atoms with Crippen LogP contribution in [0.25, 0.3) is 10.9 Å². The molecule has 1 aromatic carbocycles. The Morgan fingerprint density at radius 2 is 1.94 bits per heavy atom. The minimum Gasteiger partial charge on any atom is -0.478 e. The Labute approximate surface area is 106 Å². The van der Waals surface area contributed by atoms with Crippen LogP contribution >= 0.6 is 0 Å². The maximum absolute atomic E-state index is 12.1. The van der Waals surface area contributed by atoms with Gasteiger partial charge in [0.25, 0.3) is 0 Å². The molecule has 0 radical (unpaired) electrons. The molecule has 0 saturated carbocycles. The molecule has 1 aromatic heterocycles. The van der Waals surface area contributed by atoms with Crippen LogP contribution in [0.5, 0.6) is 5.88 Å². The average molecular weight is 247 g/mol. The molecule has 4 nitrogen and oxygen atoms in total. The van der Waals surface area contributed by atoms with Gasteiger partial charge in [-0.25, -0.2) is 4.79 Å². The molecule has 0 aliphatic rings. The molecule has 4 heteroatoms. The van der Waals surface area contributed by atoms with Gasteiger partial charge in [-0.3, -0.25) is 0 Å². The first kappa shape index (κ1) is 12.5. The van der Waals surface area contributed by atoms with Crippen molar-refractivity contribution in [2.45, 2.75) is 13.8 Å². The van der Waals surface area contributed by atoms with Crippen LogP contribution in [0.2, 0.25) is 0 Å². The third-order valence-corrected chi connectivity index (χ3v) is 2.81. The van der Waals surface area contributed by atoms with Crippen LogP contribution in [0.15, 0.2) is 24.3 Å². The van der Waals surface area contributed by atoms with E-state index in [0.29, 0.717) is 24.7 Å². The van der Waals surface area contributed by atoms with Crippen molar-refractivity contribution in [3.63, 3.8) is 0 Å². The summed E-state index contributed by atoms with van der Waals surface area (Å²) in [6.45, 7) is 4.56. The first-order chi connectivity index (χ1) is 8.70. The highest BCUT2D eigenvalue weighted by atomic mass is 16.5.